The van der Waals surface area contributed by atoms with Crippen molar-refractivity contribution < 1.29 is 29.6 Å². The molecule has 2 heterocycles. The first kappa shape index (κ1) is 46.1. The van der Waals surface area contributed by atoms with E-state index in [9.17, 15) is 24.9 Å². The van der Waals surface area contributed by atoms with Gasteiger partial charge in [0.25, 0.3) is 0 Å². The maximum atomic E-state index is 14.7. The molecule has 10 rings (SSSR count). The summed E-state index contributed by atoms with van der Waals surface area (Å²) in [5, 5.41) is 45.4. The van der Waals surface area contributed by atoms with Crippen molar-refractivity contribution >= 4 is 22.3 Å². The van der Waals surface area contributed by atoms with Crippen molar-refractivity contribution in [2.75, 3.05) is 20.2 Å². The van der Waals surface area contributed by atoms with Gasteiger partial charge in [0, 0.05) is 43.7 Å². The quantitative estimate of drug-likeness (QED) is 0.109. The van der Waals surface area contributed by atoms with Gasteiger partial charge in [-0.3, -0.25) is 9.59 Å². The number of nitrogens with one attached hydrogen (secondary N) is 2. The van der Waals surface area contributed by atoms with E-state index >= 15 is 0 Å². The molecule has 0 aromatic heterocycles. The van der Waals surface area contributed by atoms with Gasteiger partial charge in [0.05, 0.1) is 25.1 Å². The maximum Gasteiger partial charge on any atom is 0.160 e. The smallest absolute Gasteiger partial charge is 0.160 e. The summed E-state index contributed by atoms with van der Waals surface area (Å²) in [6.07, 6.45) is 15.3. The fourth-order valence-corrected chi connectivity index (χ4v) is 15.3. The number of hydrogen-bond donors (Lipinski definition) is 6. The van der Waals surface area contributed by atoms with Crippen LogP contribution in [0, 0.1) is 52.3 Å². The van der Waals surface area contributed by atoms with Crippen molar-refractivity contribution in [2.45, 2.75) is 153 Å². The molecule has 356 valence electrons. The highest BCUT2D eigenvalue weighted by Gasteiger charge is 2.60. The second-order valence-electron chi connectivity index (χ2n) is 21.8. The number of ether oxygens (including phenoxy) is 1. The molecule has 0 unspecified atom stereocenters. The molecule has 0 bridgehead atoms. The van der Waals surface area contributed by atoms with E-state index in [-0.39, 0.29) is 35.2 Å². The van der Waals surface area contributed by atoms with Crippen molar-refractivity contribution in [3.8, 4) is 23.3 Å². The number of phenolic OH excluding ortho intramolecular Hbond substituents is 1. The van der Waals surface area contributed by atoms with E-state index in [2.05, 4.69) is 71.9 Å². The van der Waals surface area contributed by atoms with Gasteiger partial charge in [0.15, 0.2) is 17.3 Å². The molecule has 5 fully saturated rings. The van der Waals surface area contributed by atoms with E-state index in [1.54, 1.807) is 6.07 Å². The Morgan fingerprint density at radius 2 is 1.76 bits per heavy atom. The number of methoxy groups -OCH3 is 1. The topological polar surface area (TPSA) is 154 Å². The number of carbonyl (C=O) groups excluding carboxylic acids is 2. The molecule has 67 heavy (non-hydrogen) atoms. The van der Waals surface area contributed by atoms with Crippen LogP contribution >= 0.6 is 0 Å². The molecule has 4 saturated carbocycles. The Labute approximate surface area is 397 Å². The number of dihydropyridines is 1. The summed E-state index contributed by atoms with van der Waals surface area (Å²) in [5.74, 6) is 10.8. The lowest BCUT2D eigenvalue weighted by Crippen LogP contribution is -2.61. The van der Waals surface area contributed by atoms with E-state index in [0.29, 0.717) is 104 Å². The molecular formula is C58H73N3O6. The summed E-state index contributed by atoms with van der Waals surface area (Å²) in [6.45, 7) is 3.84. The van der Waals surface area contributed by atoms with Gasteiger partial charge in [-0.2, -0.15) is 0 Å². The van der Waals surface area contributed by atoms with Gasteiger partial charge in [-0.15, -0.1) is 0 Å². The van der Waals surface area contributed by atoms with Crippen molar-refractivity contribution in [1.82, 2.24) is 10.6 Å². The van der Waals surface area contributed by atoms with Gasteiger partial charge >= 0.3 is 0 Å². The predicted molar refractivity (Wildman–Crippen MR) is 263 cm³/mol. The van der Waals surface area contributed by atoms with Crippen LogP contribution in [-0.4, -0.2) is 65.3 Å². The Balaban J connectivity index is 0.916. The molecule has 11 atom stereocenters. The van der Waals surface area contributed by atoms with E-state index in [1.165, 1.54) is 56.6 Å². The van der Waals surface area contributed by atoms with Gasteiger partial charge in [-0.05, 0) is 182 Å². The molecule has 2 spiro atoms. The van der Waals surface area contributed by atoms with Crippen LogP contribution in [0.5, 0.6) is 11.5 Å². The van der Waals surface area contributed by atoms with E-state index in [1.807, 2.05) is 12.1 Å². The number of fused-ring (bicyclic) bond motifs is 6. The molecule has 0 amide bonds. The Bertz CT molecular complexity index is 2490. The standard InChI is InChI=1S/C58H73N3O6/c1-3-35-33-61-56(59)32-48(35)47(39-11-10-36-8-4-5-9-38(36)26-39)29-42(62)14-12-37-20-24-58(54(65)19-13-40-27-53(67-2)52(64)31-46(37)40)25-21-41(28-55(58)66)49-18-17-44-45-16-15-43(63)30-51(45)60-34-50(44)57(49)22-6-7-23-57/h4-5,8-11,26-27,31-32,37,41-42,44-45,47,49-51,55,60-62,64,66H,3,6-7,12-19,21-23,25,28-30,33-34,59H2,1-2H3/t37-,41-,42-,44-,45+,47-,49-,50+,51+,55-,58-/m1/s1. The monoisotopic (exact) mass is 908 g/mol. The van der Waals surface area contributed by atoms with Gasteiger partial charge in [0.1, 0.15) is 11.2 Å². The number of ketones is 2. The second-order valence-corrected chi connectivity index (χ2v) is 21.8. The van der Waals surface area contributed by atoms with E-state index in [4.69, 9.17) is 10.5 Å². The summed E-state index contributed by atoms with van der Waals surface area (Å²) in [5.41, 5.74) is 10.8. The zero-order valence-electron chi connectivity index (χ0n) is 39.8. The number of aryl methyl sites for hydroxylation is 1. The van der Waals surface area contributed by atoms with Crippen LogP contribution in [0.4, 0.5) is 0 Å². The highest BCUT2D eigenvalue weighted by Crippen LogP contribution is 2.64. The number of aliphatic hydroxyl groups is 2. The largest absolute Gasteiger partial charge is 0.504 e. The number of benzene rings is 3. The van der Waals surface area contributed by atoms with Crippen molar-refractivity contribution in [3.63, 3.8) is 0 Å². The summed E-state index contributed by atoms with van der Waals surface area (Å²) in [6, 6.07) is 18.9. The summed E-state index contributed by atoms with van der Waals surface area (Å²) >= 11 is 0. The van der Waals surface area contributed by atoms with Crippen LogP contribution in [0.3, 0.4) is 0 Å². The number of rotatable bonds is 10. The van der Waals surface area contributed by atoms with Gasteiger partial charge in [-0.25, -0.2) is 0 Å². The highest BCUT2D eigenvalue weighted by molar-refractivity contribution is 5.89. The minimum atomic E-state index is -1.17. The molecule has 3 aromatic carbocycles. The highest BCUT2D eigenvalue weighted by atomic mass is 16.5. The number of hydrogen-bond acceptors (Lipinski definition) is 9. The molecule has 0 radical (unpaired) electrons. The third kappa shape index (κ3) is 8.63. The van der Waals surface area contributed by atoms with E-state index in [0.717, 1.165) is 59.9 Å². The van der Waals surface area contributed by atoms with Crippen LogP contribution in [0.15, 0.2) is 77.6 Å². The minimum Gasteiger partial charge on any atom is -0.504 e. The molecule has 9 nitrogen and oxygen atoms in total. The molecule has 9 heteroatoms. The molecule has 1 saturated heterocycles. The van der Waals surface area contributed by atoms with Crippen LogP contribution in [0.25, 0.3) is 10.8 Å². The summed E-state index contributed by atoms with van der Waals surface area (Å²) in [7, 11) is 1.54. The maximum absolute atomic E-state index is 14.7. The average molecular weight is 908 g/mol. The van der Waals surface area contributed by atoms with E-state index < -0.39 is 17.6 Å². The third-order valence-electron chi connectivity index (χ3n) is 18.7. The first-order valence-corrected chi connectivity index (χ1v) is 26.0. The van der Waals surface area contributed by atoms with Crippen LogP contribution in [0.1, 0.15) is 145 Å². The molecule has 7 N–H and O–H groups in total. The SMILES string of the molecule is CCC1=C([C@H](C[C@H](O)CC[C@@H]2C#C[C@@]3(CC[C@@H]([C@H]4CC[C@@H]5[C@@H]6CCC(=O)C[C@@H]6NC[C@@H]5C45CCCC5)C[C@H]3O)C(=O)CCc3cc(OC)c(O)cc32)c2ccc3ccccc3c2)C=C(N)NC1. The van der Waals surface area contributed by atoms with Crippen molar-refractivity contribution in [3.05, 3.63) is 94.3 Å². The number of allylic oxidation sites excluding steroid dienone is 2. The molecular weight excluding hydrogens is 835 g/mol. The number of aliphatic hydroxyl groups excluding tert-OH is 2. The number of nitrogens with two attached hydrogens (primary N) is 1. The molecule has 5 aliphatic carbocycles. The minimum absolute atomic E-state index is 0.00538. The summed E-state index contributed by atoms with van der Waals surface area (Å²) in [4.78, 5) is 27.2. The van der Waals surface area contributed by atoms with Crippen molar-refractivity contribution in [1.29, 1.82) is 0 Å². The van der Waals surface area contributed by atoms with Gasteiger partial charge in [-0.1, -0.05) is 74.1 Å². The Hall–Kier alpha value is -4.62. The number of piperidine rings is 1. The Morgan fingerprint density at radius 1 is 0.940 bits per heavy atom. The number of aromatic hydroxyl groups is 1. The first-order chi connectivity index (χ1) is 32.5. The summed E-state index contributed by atoms with van der Waals surface area (Å²) < 4.78 is 5.58. The average Bonchev–Trinajstić information content (AvgIpc) is 3.83. The lowest BCUT2D eigenvalue weighted by Gasteiger charge is -2.60. The molecule has 7 aliphatic rings. The van der Waals surface area contributed by atoms with Crippen LogP contribution in [0.2, 0.25) is 0 Å². The zero-order chi connectivity index (χ0) is 46.5. The molecule has 3 aromatic rings. The lowest BCUT2D eigenvalue weighted by molar-refractivity contribution is -0.140. The first-order valence-electron chi connectivity index (χ1n) is 26.0. The number of Topliss-reactive ketones (excluding diaryl/α,β-unsaturated/α-hetero) is 2. The van der Waals surface area contributed by atoms with Crippen LogP contribution < -0.4 is 21.1 Å². The predicted octanol–water partition coefficient (Wildman–Crippen LogP) is 9.27. The molecule has 2 aliphatic heterocycles. The lowest BCUT2D eigenvalue weighted by atomic mass is 9.47. The fourth-order valence-electron chi connectivity index (χ4n) is 15.3. The van der Waals surface area contributed by atoms with Gasteiger partial charge in [0.2, 0.25) is 0 Å². The Morgan fingerprint density at radius 3 is 2.55 bits per heavy atom. The Kier molecular flexibility index (Phi) is 13.1. The van der Waals surface area contributed by atoms with Crippen LogP contribution in [-0.2, 0) is 16.0 Å². The second kappa shape index (κ2) is 19.1. The van der Waals surface area contributed by atoms with Crippen molar-refractivity contribution in [2.24, 2.45) is 46.2 Å². The number of carbonyl (C=O) groups is 2. The fraction of sp³-hybridized carbons (Fsp3) is 0.586. The third-order valence-corrected chi connectivity index (χ3v) is 18.7. The number of phenols is 1. The van der Waals surface area contributed by atoms with Gasteiger partial charge < -0.3 is 36.4 Å². The zero-order valence-corrected chi connectivity index (χ0v) is 39.8. The normalized spacial score (nSPS) is 32.4.